The van der Waals surface area contributed by atoms with Gasteiger partial charge in [0.2, 0.25) is 0 Å². The Labute approximate surface area is 186 Å². The lowest BCUT2D eigenvalue weighted by molar-refractivity contribution is 0.122. The molecule has 30 heavy (non-hydrogen) atoms. The second-order valence-electron chi connectivity index (χ2n) is 6.46. The van der Waals surface area contributed by atoms with Crippen LogP contribution < -0.4 is 19.1 Å². The molecule has 10 heteroatoms. The summed E-state index contributed by atoms with van der Waals surface area (Å²) in [5.41, 5.74) is 1.10. The second kappa shape index (κ2) is 9.96. The molecular formula is C20H24Cl2N2O5S. The Kier molecular flexibility index (Phi) is 7.57. The van der Waals surface area contributed by atoms with E-state index in [2.05, 4.69) is 9.62 Å². The molecule has 1 aliphatic heterocycles. The van der Waals surface area contributed by atoms with Gasteiger partial charge in [-0.05, 0) is 32.0 Å². The molecule has 0 saturated carbocycles. The van der Waals surface area contributed by atoms with E-state index >= 15 is 0 Å². The number of nitrogens with zero attached hydrogens (tertiary/aromatic N) is 1. The van der Waals surface area contributed by atoms with Crippen LogP contribution >= 0.6 is 23.2 Å². The molecule has 0 spiro atoms. The van der Waals surface area contributed by atoms with Crippen molar-refractivity contribution in [3.8, 4) is 11.5 Å². The molecule has 0 bridgehead atoms. The van der Waals surface area contributed by atoms with E-state index in [4.69, 9.17) is 37.4 Å². The Bertz CT molecular complexity index is 995. The molecule has 0 aromatic heterocycles. The highest BCUT2D eigenvalue weighted by molar-refractivity contribution is 7.92. The molecular weight excluding hydrogens is 451 g/mol. The Morgan fingerprint density at radius 1 is 1.03 bits per heavy atom. The number of hydrogen-bond donors (Lipinski definition) is 1. The van der Waals surface area contributed by atoms with Gasteiger partial charge in [-0.1, -0.05) is 23.2 Å². The van der Waals surface area contributed by atoms with Gasteiger partial charge in [0, 0.05) is 30.2 Å². The second-order valence-corrected chi connectivity index (χ2v) is 8.96. The maximum atomic E-state index is 13.0. The van der Waals surface area contributed by atoms with Crippen molar-refractivity contribution < 1.29 is 22.6 Å². The molecule has 0 amide bonds. The van der Waals surface area contributed by atoms with Crippen LogP contribution in [0.5, 0.6) is 11.5 Å². The van der Waals surface area contributed by atoms with E-state index in [1.165, 1.54) is 18.2 Å². The van der Waals surface area contributed by atoms with Crippen molar-refractivity contribution in [3.63, 3.8) is 0 Å². The summed E-state index contributed by atoms with van der Waals surface area (Å²) in [7, 11) is -3.98. The zero-order valence-corrected chi connectivity index (χ0v) is 19.1. The van der Waals surface area contributed by atoms with Crippen LogP contribution in [0.15, 0.2) is 35.2 Å². The maximum Gasteiger partial charge on any atom is 0.263 e. The van der Waals surface area contributed by atoms with Crippen molar-refractivity contribution in [1.29, 1.82) is 0 Å². The summed E-state index contributed by atoms with van der Waals surface area (Å²) in [6.07, 6.45) is 0. The average Bonchev–Trinajstić information content (AvgIpc) is 2.70. The molecule has 1 fully saturated rings. The van der Waals surface area contributed by atoms with Crippen LogP contribution in [0.3, 0.4) is 0 Å². The van der Waals surface area contributed by atoms with Gasteiger partial charge >= 0.3 is 0 Å². The minimum absolute atomic E-state index is 0.0305. The Balaban J connectivity index is 2.03. The van der Waals surface area contributed by atoms with E-state index in [0.29, 0.717) is 56.0 Å². The summed E-state index contributed by atoms with van der Waals surface area (Å²) in [5.74, 6) is 0.957. The topological polar surface area (TPSA) is 77.1 Å². The first-order valence-corrected chi connectivity index (χ1v) is 11.8. The Morgan fingerprint density at radius 3 is 2.33 bits per heavy atom. The molecule has 1 N–H and O–H groups in total. The van der Waals surface area contributed by atoms with E-state index in [0.717, 1.165) is 5.69 Å². The number of benzene rings is 2. The first-order valence-electron chi connectivity index (χ1n) is 9.60. The number of nitrogens with one attached hydrogen (secondary N) is 1. The van der Waals surface area contributed by atoms with Crippen LogP contribution in [-0.4, -0.2) is 47.9 Å². The van der Waals surface area contributed by atoms with Crippen molar-refractivity contribution in [2.45, 2.75) is 18.7 Å². The monoisotopic (exact) mass is 474 g/mol. The Hall–Kier alpha value is -1.87. The minimum atomic E-state index is -3.98. The van der Waals surface area contributed by atoms with E-state index in [1.807, 2.05) is 13.8 Å². The maximum absolute atomic E-state index is 13.0. The molecule has 3 rings (SSSR count). The first kappa shape index (κ1) is 22.8. The summed E-state index contributed by atoms with van der Waals surface area (Å²) >= 11 is 12.0. The lowest BCUT2D eigenvalue weighted by Crippen LogP contribution is -2.36. The molecule has 7 nitrogen and oxygen atoms in total. The summed E-state index contributed by atoms with van der Waals surface area (Å²) in [6, 6.07) is 7.65. The molecule has 0 atom stereocenters. The van der Waals surface area contributed by atoms with E-state index in [-0.39, 0.29) is 15.6 Å². The zero-order valence-electron chi connectivity index (χ0n) is 16.8. The van der Waals surface area contributed by atoms with Gasteiger partial charge in [0.25, 0.3) is 10.0 Å². The third-order valence-corrected chi connectivity index (χ3v) is 6.52. The van der Waals surface area contributed by atoms with Gasteiger partial charge in [0.15, 0.2) is 0 Å². The fourth-order valence-corrected chi connectivity index (χ4v) is 4.95. The van der Waals surface area contributed by atoms with Gasteiger partial charge in [0.1, 0.15) is 16.4 Å². The van der Waals surface area contributed by atoms with Gasteiger partial charge in [-0.2, -0.15) is 0 Å². The third-order valence-electron chi connectivity index (χ3n) is 4.44. The summed E-state index contributed by atoms with van der Waals surface area (Å²) in [4.78, 5) is 2.05. The van der Waals surface area contributed by atoms with Crippen LogP contribution in [0, 0.1) is 0 Å². The molecule has 164 valence electrons. The molecule has 2 aromatic carbocycles. The molecule has 0 aliphatic carbocycles. The number of halogens is 2. The molecule has 1 aliphatic rings. The average molecular weight is 475 g/mol. The van der Waals surface area contributed by atoms with Crippen molar-refractivity contribution in [2.24, 2.45) is 0 Å². The van der Waals surface area contributed by atoms with Crippen LogP contribution in [0.4, 0.5) is 11.4 Å². The minimum Gasteiger partial charge on any atom is -0.492 e. The molecule has 2 aromatic rings. The quantitative estimate of drug-likeness (QED) is 0.609. The smallest absolute Gasteiger partial charge is 0.263 e. The number of sulfonamides is 1. The van der Waals surface area contributed by atoms with Crippen LogP contribution in [0.25, 0.3) is 0 Å². The first-order chi connectivity index (χ1) is 14.4. The third kappa shape index (κ3) is 5.24. The SMILES string of the molecule is CCOc1cc(N2CCOCC2)c(OCC)cc1NS(=O)(=O)c1ccc(Cl)cc1Cl. The van der Waals surface area contributed by atoms with Crippen LogP contribution in [-0.2, 0) is 14.8 Å². The molecule has 1 heterocycles. The van der Waals surface area contributed by atoms with Crippen molar-refractivity contribution in [3.05, 3.63) is 40.4 Å². The molecule has 0 unspecified atom stereocenters. The van der Waals surface area contributed by atoms with Gasteiger partial charge in [0.05, 0.1) is 42.8 Å². The predicted molar refractivity (Wildman–Crippen MR) is 119 cm³/mol. The zero-order chi connectivity index (χ0) is 21.7. The standard InChI is InChI=1S/C20H24Cl2N2O5S/c1-3-28-18-13-17(24-7-9-27-10-8-24)19(29-4-2)12-16(18)23-30(25,26)20-6-5-14(21)11-15(20)22/h5-6,11-13,23H,3-4,7-10H2,1-2H3. The van der Waals surface area contributed by atoms with Crippen molar-refractivity contribution >= 4 is 44.6 Å². The molecule has 1 saturated heterocycles. The summed E-state index contributed by atoms with van der Waals surface area (Å²) in [6.45, 7) is 7.13. The fraction of sp³-hybridized carbons (Fsp3) is 0.400. The summed E-state index contributed by atoms with van der Waals surface area (Å²) in [5, 5.41) is 0.380. The highest BCUT2D eigenvalue weighted by atomic mass is 35.5. The van der Waals surface area contributed by atoms with Crippen molar-refractivity contribution in [1.82, 2.24) is 0 Å². The summed E-state index contributed by atoms with van der Waals surface area (Å²) < 4.78 is 45.5. The number of ether oxygens (including phenoxy) is 3. The van der Waals surface area contributed by atoms with Gasteiger partial charge in [-0.25, -0.2) is 8.42 Å². The Morgan fingerprint density at radius 2 is 1.70 bits per heavy atom. The van der Waals surface area contributed by atoms with Crippen LogP contribution in [0.2, 0.25) is 10.0 Å². The number of anilines is 2. The van der Waals surface area contributed by atoms with E-state index < -0.39 is 10.0 Å². The van der Waals surface area contributed by atoms with Crippen LogP contribution in [0.1, 0.15) is 13.8 Å². The van der Waals surface area contributed by atoms with E-state index in [1.54, 1.807) is 12.1 Å². The lowest BCUT2D eigenvalue weighted by atomic mass is 10.2. The van der Waals surface area contributed by atoms with Crippen molar-refractivity contribution in [2.75, 3.05) is 49.1 Å². The van der Waals surface area contributed by atoms with E-state index in [9.17, 15) is 8.42 Å². The molecule has 0 radical (unpaired) electrons. The van der Waals surface area contributed by atoms with Gasteiger partial charge in [-0.15, -0.1) is 0 Å². The predicted octanol–water partition coefficient (Wildman–Crippen LogP) is 4.43. The fourth-order valence-electron chi connectivity index (χ4n) is 3.12. The highest BCUT2D eigenvalue weighted by Gasteiger charge is 2.24. The van der Waals surface area contributed by atoms with Gasteiger partial charge in [-0.3, -0.25) is 4.72 Å². The van der Waals surface area contributed by atoms with Gasteiger partial charge < -0.3 is 19.1 Å². The normalized spacial score (nSPS) is 14.5. The number of hydrogen-bond acceptors (Lipinski definition) is 6. The lowest BCUT2D eigenvalue weighted by Gasteiger charge is -2.31. The largest absolute Gasteiger partial charge is 0.492 e. The number of morpholine rings is 1. The number of rotatable bonds is 8. The highest BCUT2D eigenvalue weighted by Crippen LogP contribution is 2.40.